The van der Waals surface area contributed by atoms with Crippen LogP contribution in [-0.2, 0) is 0 Å². The van der Waals surface area contributed by atoms with Crippen LogP contribution in [0, 0.1) is 11.6 Å². The first-order valence-corrected chi connectivity index (χ1v) is 6.75. The van der Waals surface area contributed by atoms with Gasteiger partial charge in [0.2, 0.25) is 0 Å². The molecule has 0 bridgehead atoms. The van der Waals surface area contributed by atoms with Crippen molar-refractivity contribution >= 4 is 27.5 Å². The molecule has 0 aliphatic rings. The highest BCUT2D eigenvalue weighted by atomic mass is 19.1. The second-order valence-corrected chi connectivity index (χ2v) is 5.14. The van der Waals surface area contributed by atoms with E-state index >= 15 is 0 Å². The molecule has 4 rings (SSSR count). The van der Waals surface area contributed by atoms with Crippen LogP contribution in [-0.4, -0.2) is 9.97 Å². The van der Waals surface area contributed by atoms with E-state index in [9.17, 15) is 8.78 Å². The van der Waals surface area contributed by atoms with Gasteiger partial charge < -0.3 is 10.7 Å². The second-order valence-electron chi connectivity index (χ2n) is 5.14. The van der Waals surface area contributed by atoms with E-state index in [1.807, 2.05) is 6.07 Å². The zero-order valence-electron chi connectivity index (χ0n) is 11.4. The first-order valence-electron chi connectivity index (χ1n) is 6.75. The molecule has 0 aliphatic carbocycles. The Balaban J connectivity index is 1.94. The van der Waals surface area contributed by atoms with E-state index in [-0.39, 0.29) is 11.6 Å². The standard InChI is InChI=1S/C17H11F2N3/c18-10-1-5-14-9(7-10)8-16(21-14)15-6-2-11-12(19)3-4-13(20)17(11)22-15/h1-8,21H,20H2. The minimum Gasteiger partial charge on any atom is -0.397 e. The van der Waals surface area contributed by atoms with Crippen molar-refractivity contribution in [3.63, 3.8) is 0 Å². The van der Waals surface area contributed by atoms with Gasteiger partial charge >= 0.3 is 0 Å². The number of aromatic nitrogens is 2. The summed E-state index contributed by atoms with van der Waals surface area (Å²) in [6, 6.07) is 12.5. The van der Waals surface area contributed by atoms with Gasteiger partial charge in [-0.1, -0.05) is 0 Å². The smallest absolute Gasteiger partial charge is 0.132 e. The molecule has 0 amide bonds. The fraction of sp³-hybridized carbons (Fsp3) is 0. The Bertz CT molecular complexity index is 1020. The SMILES string of the molecule is Nc1ccc(F)c2ccc(-c3cc4cc(F)ccc4[nH]3)nc12. The minimum atomic E-state index is -0.359. The zero-order chi connectivity index (χ0) is 15.3. The van der Waals surface area contributed by atoms with Crippen molar-refractivity contribution in [3.8, 4) is 11.4 Å². The third kappa shape index (κ3) is 1.90. The molecule has 0 unspecified atom stereocenters. The van der Waals surface area contributed by atoms with E-state index in [1.54, 1.807) is 18.2 Å². The third-order valence-corrected chi connectivity index (χ3v) is 3.69. The van der Waals surface area contributed by atoms with E-state index in [4.69, 9.17) is 5.73 Å². The van der Waals surface area contributed by atoms with Crippen molar-refractivity contribution in [2.24, 2.45) is 0 Å². The third-order valence-electron chi connectivity index (χ3n) is 3.69. The fourth-order valence-electron chi connectivity index (χ4n) is 2.60. The molecule has 0 fully saturated rings. The predicted octanol–water partition coefficient (Wildman–Crippen LogP) is 4.24. The molecule has 2 aromatic heterocycles. The largest absolute Gasteiger partial charge is 0.397 e. The summed E-state index contributed by atoms with van der Waals surface area (Å²) < 4.78 is 27.0. The first-order chi connectivity index (χ1) is 10.6. The number of hydrogen-bond acceptors (Lipinski definition) is 2. The average molecular weight is 295 g/mol. The molecule has 0 atom stereocenters. The van der Waals surface area contributed by atoms with Gasteiger partial charge in [0.15, 0.2) is 0 Å². The number of fused-ring (bicyclic) bond motifs is 2. The first kappa shape index (κ1) is 12.8. The maximum absolute atomic E-state index is 13.8. The van der Waals surface area contributed by atoms with Crippen molar-refractivity contribution in [2.75, 3.05) is 5.73 Å². The monoisotopic (exact) mass is 295 g/mol. The van der Waals surface area contributed by atoms with Crippen LogP contribution < -0.4 is 5.73 Å². The van der Waals surface area contributed by atoms with Gasteiger partial charge in [-0.05, 0) is 48.5 Å². The van der Waals surface area contributed by atoms with E-state index in [2.05, 4.69) is 9.97 Å². The fourth-order valence-corrected chi connectivity index (χ4v) is 2.60. The van der Waals surface area contributed by atoms with Gasteiger partial charge in [-0.3, -0.25) is 0 Å². The number of benzene rings is 2. The highest BCUT2D eigenvalue weighted by Gasteiger charge is 2.10. The molecule has 0 saturated carbocycles. The maximum atomic E-state index is 13.8. The lowest BCUT2D eigenvalue weighted by Gasteiger charge is -2.04. The Morgan fingerprint density at radius 3 is 2.68 bits per heavy atom. The summed E-state index contributed by atoms with van der Waals surface area (Å²) in [5.74, 6) is -0.655. The summed E-state index contributed by atoms with van der Waals surface area (Å²) in [7, 11) is 0. The van der Waals surface area contributed by atoms with Crippen LogP contribution in [0.3, 0.4) is 0 Å². The Morgan fingerprint density at radius 2 is 1.82 bits per heavy atom. The van der Waals surface area contributed by atoms with Crippen molar-refractivity contribution in [2.45, 2.75) is 0 Å². The summed E-state index contributed by atoms with van der Waals surface area (Å²) in [5.41, 5.74) is 8.88. The van der Waals surface area contributed by atoms with Crippen LogP contribution in [0.1, 0.15) is 0 Å². The van der Waals surface area contributed by atoms with Gasteiger partial charge in [-0.15, -0.1) is 0 Å². The lowest BCUT2D eigenvalue weighted by Crippen LogP contribution is -1.93. The number of anilines is 1. The lowest BCUT2D eigenvalue weighted by atomic mass is 10.1. The Morgan fingerprint density at radius 1 is 0.955 bits per heavy atom. The molecule has 2 heterocycles. The molecule has 0 spiro atoms. The molecular formula is C17H11F2N3. The maximum Gasteiger partial charge on any atom is 0.132 e. The molecule has 5 heteroatoms. The molecule has 22 heavy (non-hydrogen) atoms. The number of H-pyrrole nitrogens is 1. The second kappa shape index (κ2) is 4.53. The molecule has 3 N–H and O–H groups in total. The summed E-state index contributed by atoms with van der Waals surface area (Å²) >= 11 is 0. The summed E-state index contributed by atoms with van der Waals surface area (Å²) in [4.78, 5) is 7.61. The molecule has 3 nitrogen and oxygen atoms in total. The highest BCUT2D eigenvalue weighted by molar-refractivity contribution is 5.92. The van der Waals surface area contributed by atoms with Crippen LogP contribution >= 0.6 is 0 Å². The van der Waals surface area contributed by atoms with Gasteiger partial charge in [0.25, 0.3) is 0 Å². The van der Waals surface area contributed by atoms with Crippen molar-refractivity contribution in [3.05, 3.63) is 60.2 Å². The molecule has 2 aromatic carbocycles. The predicted molar refractivity (Wildman–Crippen MR) is 83.4 cm³/mol. The van der Waals surface area contributed by atoms with Gasteiger partial charge in [0.05, 0.1) is 22.6 Å². The number of pyridine rings is 1. The van der Waals surface area contributed by atoms with Crippen LogP contribution in [0.2, 0.25) is 0 Å². The quantitative estimate of drug-likeness (QED) is 0.516. The van der Waals surface area contributed by atoms with E-state index in [0.717, 1.165) is 16.6 Å². The van der Waals surface area contributed by atoms with Crippen molar-refractivity contribution < 1.29 is 8.78 Å². The van der Waals surface area contributed by atoms with Crippen molar-refractivity contribution in [1.29, 1.82) is 0 Å². The number of nitrogen functional groups attached to an aromatic ring is 1. The van der Waals surface area contributed by atoms with E-state index in [1.165, 1.54) is 24.3 Å². The number of hydrogen-bond donors (Lipinski definition) is 2. The number of aromatic amines is 1. The van der Waals surface area contributed by atoms with E-state index in [0.29, 0.717) is 22.3 Å². The number of nitrogens with two attached hydrogens (primary N) is 1. The molecule has 0 aliphatic heterocycles. The molecule has 0 saturated heterocycles. The molecule has 108 valence electrons. The van der Waals surface area contributed by atoms with Crippen LogP contribution in [0.5, 0.6) is 0 Å². The normalized spacial score (nSPS) is 11.4. The van der Waals surface area contributed by atoms with Gasteiger partial charge in [-0.2, -0.15) is 0 Å². The van der Waals surface area contributed by atoms with Crippen molar-refractivity contribution in [1.82, 2.24) is 9.97 Å². The van der Waals surface area contributed by atoms with Crippen LogP contribution in [0.15, 0.2) is 48.5 Å². The van der Waals surface area contributed by atoms with Gasteiger partial charge in [-0.25, -0.2) is 13.8 Å². The topological polar surface area (TPSA) is 54.7 Å². The molecular weight excluding hydrogens is 284 g/mol. The number of nitrogens with one attached hydrogen (secondary N) is 1. The van der Waals surface area contributed by atoms with Gasteiger partial charge in [0, 0.05) is 16.3 Å². The molecule has 4 aromatic rings. The number of halogens is 2. The van der Waals surface area contributed by atoms with Gasteiger partial charge in [0.1, 0.15) is 11.6 Å². The average Bonchev–Trinajstić information content (AvgIpc) is 2.94. The Kier molecular flexibility index (Phi) is 2.63. The summed E-state index contributed by atoms with van der Waals surface area (Å²) in [6.07, 6.45) is 0. The molecule has 0 radical (unpaired) electrons. The minimum absolute atomic E-state index is 0.296. The lowest BCUT2D eigenvalue weighted by molar-refractivity contribution is 0.629. The Hall–Kier alpha value is -2.95. The zero-order valence-corrected chi connectivity index (χ0v) is 11.4. The number of nitrogens with zero attached hydrogens (tertiary/aromatic N) is 1. The summed E-state index contributed by atoms with van der Waals surface area (Å²) in [6.45, 7) is 0. The van der Waals surface area contributed by atoms with Crippen LogP contribution in [0.25, 0.3) is 33.2 Å². The number of rotatable bonds is 1. The summed E-state index contributed by atoms with van der Waals surface area (Å²) in [5, 5.41) is 1.13. The van der Waals surface area contributed by atoms with Crippen LogP contribution in [0.4, 0.5) is 14.5 Å². The Labute approximate surface area is 124 Å². The van der Waals surface area contributed by atoms with E-state index < -0.39 is 0 Å². The highest BCUT2D eigenvalue weighted by Crippen LogP contribution is 2.28.